The van der Waals surface area contributed by atoms with Crippen LogP contribution in [0.5, 0.6) is 5.75 Å². The van der Waals surface area contributed by atoms with E-state index < -0.39 is 0 Å². The molecule has 0 radical (unpaired) electrons. The van der Waals surface area contributed by atoms with Crippen molar-refractivity contribution in [2.75, 3.05) is 0 Å². The minimum atomic E-state index is -0.120. The van der Waals surface area contributed by atoms with E-state index in [0.717, 1.165) is 5.56 Å². The van der Waals surface area contributed by atoms with Crippen LogP contribution in [0.15, 0.2) is 66.7 Å². The van der Waals surface area contributed by atoms with Crippen LogP contribution in [-0.4, -0.2) is 5.11 Å². The first-order valence-electron chi connectivity index (χ1n) is 10.4. The summed E-state index contributed by atoms with van der Waals surface area (Å²) >= 11 is 0. The molecule has 0 amide bonds. The summed E-state index contributed by atoms with van der Waals surface area (Å²) in [6, 6.07) is 23.9. The molecule has 2 aliphatic carbocycles. The molecular formula is C28H24O. The fourth-order valence-corrected chi connectivity index (χ4v) is 5.76. The van der Waals surface area contributed by atoms with Crippen LogP contribution in [0, 0.1) is 0 Å². The molecular weight excluding hydrogens is 352 g/mol. The molecule has 6 rings (SSSR count). The Labute approximate surface area is 171 Å². The summed E-state index contributed by atoms with van der Waals surface area (Å²) in [6.45, 7) is 9.22. The Bertz CT molecular complexity index is 1350. The standard InChI is InChI=1S/C28H24O/c1-27(2)20-10-7-11-24(29)26(20)19-14-18-22(15-23(19)27)28(3,4)21-13-12-16-8-5-6-9-17(16)25(18)21/h5-15,29H,1-4H3. The molecule has 2 aliphatic rings. The molecule has 1 heteroatoms. The Morgan fingerprint density at radius 1 is 0.586 bits per heavy atom. The van der Waals surface area contributed by atoms with E-state index in [1.807, 2.05) is 12.1 Å². The number of hydrogen-bond acceptors (Lipinski definition) is 1. The van der Waals surface area contributed by atoms with Gasteiger partial charge in [0.15, 0.2) is 0 Å². The maximum Gasteiger partial charge on any atom is 0.123 e. The lowest BCUT2D eigenvalue weighted by Crippen LogP contribution is -2.18. The van der Waals surface area contributed by atoms with Gasteiger partial charge in [0, 0.05) is 16.4 Å². The molecule has 0 aromatic heterocycles. The van der Waals surface area contributed by atoms with Gasteiger partial charge in [0.05, 0.1) is 0 Å². The van der Waals surface area contributed by atoms with Gasteiger partial charge in [-0.1, -0.05) is 82.3 Å². The zero-order chi connectivity index (χ0) is 20.1. The molecule has 1 nitrogen and oxygen atoms in total. The summed E-state index contributed by atoms with van der Waals surface area (Å²) < 4.78 is 0. The van der Waals surface area contributed by atoms with Crippen molar-refractivity contribution in [3.8, 4) is 28.0 Å². The normalized spacial score (nSPS) is 17.0. The van der Waals surface area contributed by atoms with Crippen molar-refractivity contribution < 1.29 is 5.11 Å². The predicted octanol–water partition coefficient (Wildman–Crippen LogP) is 7.16. The van der Waals surface area contributed by atoms with E-state index in [2.05, 4.69) is 82.3 Å². The van der Waals surface area contributed by atoms with Gasteiger partial charge in [0.25, 0.3) is 0 Å². The molecule has 0 saturated heterocycles. The van der Waals surface area contributed by atoms with E-state index in [1.54, 1.807) is 0 Å². The third-order valence-corrected chi connectivity index (χ3v) is 7.36. The number of benzene rings is 4. The van der Waals surface area contributed by atoms with Crippen molar-refractivity contribution in [1.82, 2.24) is 0 Å². The molecule has 1 N–H and O–H groups in total. The van der Waals surface area contributed by atoms with Gasteiger partial charge in [-0.25, -0.2) is 0 Å². The molecule has 0 saturated carbocycles. The highest BCUT2D eigenvalue weighted by atomic mass is 16.3. The Morgan fingerprint density at radius 2 is 1.24 bits per heavy atom. The molecule has 29 heavy (non-hydrogen) atoms. The van der Waals surface area contributed by atoms with Crippen molar-refractivity contribution in [2.45, 2.75) is 38.5 Å². The molecule has 4 aromatic carbocycles. The summed E-state index contributed by atoms with van der Waals surface area (Å²) in [6.07, 6.45) is 0. The highest BCUT2D eigenvalue weighted by Crippen LogP contribution is 2.58. The highest BCUT2D eigenvalue weighted by molar-refractivity contribution is 6.04. The Kier molecular flexibility index (Phi) is 2.96. The lowest BCUT2D eigenvalue weighted by molar-refractivity contribution is 0.476. The van der Waals surface area contributed by atoms with Gasteiger partial charge in [-0.2, -0.15) is 0 Å². The molecule has 0 atom stereocenters. The fourth-order valence-electron chi connectivity index (χ4n) is 5.76. The summed E-state index contributed by atoms with van der Waals surface area (Å²) in [4.78, 5) is 0. The predicted molar refractivity (Wildman–Crippen MR) is 121 cm³/mol. The van der Waals surface area contributed by atoms with E-state index >= 15 is 0 Å². The first-order chi connectivity index (χ1) is 13.8. The molecule has 0 fully saturated rings. The van der Waals surface area contributed by atoms with Crippen molar-refractivity contribution in [2.24, 2.45) is 0 Å². The van der Waals surface area contributed by atoms with Crippen LogP contribution in [-0.2, 0) is 10.8 Å². The second kappa shape index (κ2) is 5.10. The summed E-state index contributed by atoms with van der Waals surface area (Å²) in [5, 5.41) is 13.3. The van der Waals surface area contributed by atoms with Gasteiger partial charge in [-0.3, -0.25) is 0 Å². The zero-order valence-electron chi connectivity index (χ0n) is 17.3. The van der Waals surface area contributed by atoms with Crippen molar-refractivity contribution in [1.29, 1.82) is 0 Å². The van der Waals surface area contributed by atoms with E-state index in [4.69, 9.17) is 0 Å². The van der Waals surface area contributed by atoms with Crippen LogP contribution in [0.1, 0.15) is 49.9 Å². The Balaban J connectivity index is 1.76. The second-order valence-electron chi connectivity index (χ2n) is 9.60. The first-order valence-corrected chi connectivity index (χ1v) is 10.4. The average molecular weight is 376 g/mol. The molecule has 0 aliphatic heterocycles. The average Bonchev–Trinajstić information content (AvgIpc) is 3.07. The van der Waals surface area contributed by atoms with Gasteiger partial charge >= 0.3 is 0 Å². The fraction of sp³-hybridized carbons (Fsp3) is 0.214. The number of phenolic OH excluding ortho intramolecular Hbond substituents is 1. The minimum Gasteiger partial charge on any atom is -0.507 e. The van der Waals surface area contributed by atoms with Crippen LogP contribution in [0.3, 0.4) is 0 Å². The van der Waals surface area contributed by atoms with Gasteiger partial charge in [-0.15, -0.1) is 0 Å². The van der Waals surface area contributed by atoms with E-state index in [-0.39, 0.29) is 10.8 Å². The SMILES string of the molecule is CC1(C)c2cc3c(cc2-c2c(O)cccc21)-c1c(ccc2ccccc12)C3(C)C. The topological polar surface area (TPSA) is 20.2 Å². The summed E-state index contributed by atoms with van der Waals surface area (Å²) in [5.41, 5.74) is 10.0. The third kappa shape index (κ3) is 1.91. The highest BCUT2D eigenvalue weighted by Gasteiger charge is 2.42. The molecule has 0 heterocycles. The largest absolute Gasteiger partial charge is 0.507 e. The maximum atomic E-state index is 10.7. The maximum absolute atomic E-state index is 10.7. The molecule has 4 aromatic rings. The quantitative estimate of drug-likeness (QED) is 0.345. The third-order valence-electron chi connectivity index (χ3n) is 7.36. The summed E-state index contributed by atoms with van der Waals surface area (Å²) in [5.74, 6) is 0.379. The van der Waals surface area contributed by atoms with Gasteiger partial charge in [0.1, 0.15) is 5.75 Å². The lowest BCUT2D eigenvalue weighted by Gasteiger charge is -2.25. The number of aromatic hydroxyl groups is 1. The van der Waals surface area contributed by atoms with E-state index in [1.165, 1.54) is 49.7 Å². The molecule has 0 spiro atoms. The zero-order valence-corrected chi connectivity index (χ0v) is 17.3. The van der Waals surface area contributed by atoms with Gasteiger partial charge < -0.3 is 5.11 Å². The summed E-state index contributed by atoms with van der Waals surface area (Å²) in [7, 11) is 0. The number of rotatable bonds is 0. The second-order valence-corrected chi connectivity index (χ2v) is 9.60. The van der Waals surface area contributed by atoms with Crippen LogP contribution < -0.4 is 0 Å². The monoisotopic (exact) mass is 376 g/mol. The smallest absolute Gasteiger partial charge is 0.123 e. The van der Waals surface area contributed by atoms with Crippen LogP contribution >= 0.6 is 0 Å². The number of fused-ring (bicyclic) bond motifs is 8. The van der Waals surface area contributed by atoms with Crippen molar-refractivity contribution in [3.05, 3.63) is 89.0 Å². The van der Waals surface area contributed by atoms with Crippen molar-refractivity contribution in [3.63, 3.8) is 0 Å². The van der Waals surface area contributed by atoms with E-state index in [9.17, 15) is 5.11 Å². The molecule has 0 bridgehead atoms. The van der Waals surface area contributed by atoms with Crippen LogP contribution in [0.2, 0.25) is 0 Å². The number of hydrogen-bond donors (Lipinski definition) is 1. The van der Waals surface area contributed by atoms with E-state index in [0.29, 0.717) is 5.75 Å². The molecule has 142 valence electrons. The van der Waals surface area contributed by atoms with Gasteiger partial charge in [-0.05, 0) is 61.8 Å². The molecule has 0 unspecified atom stereocenters. The van der Waals surface area contributed by atoms with Crippen LogP contribution in [0.4, 0.5) is 0 Å². The number of phenols is 1. The Morgan fingerprint density at radius 3 is 2.00 bits per heavy atom. The Hall–Kier alpha value is -3.06. The lowest BCUT2D eigenvalue weighted by atomic mass is 9.77. The minimum absolute atomic E-state index is 0.0450. The van der Waals surface area contributed by atoms with Crippen molar-refractivity contribution >= 4 is 10.8 Å². The van der Waals surface area contributed by atoms with Crippen LogP contribution in [0.25, 0.3) is 33.0 Å². The first kappa shape index (κ1) is 16.9. The van der Waals surface area contributed by atoms with Gasteiger partial charge in [0.2, 0.25) is 0 Å².